The zero-order valence-corrected chi connectivity index (χ0v) is 12.3. The number of hydrogen-bond donors (Lipinski definition) is 1. The van der Waals surface area contributed by atoms with Crippen LogP contribution in [0.3, 0.4) is 0 Å². The van der Waals surface area contributed by atoms with Gasteiger partial charge in [0.1, 0.15) is 0 Å². The molecular formula is C14H23N3OS. The average Bonchev–Trinajstić information content (AvgIpc) is 2.96. The highest BCUT2D eigenvalue weighted by Crippen LogP contribution is 2.30. The molecule has 5 heteroatoms. The Morgan fingerprint density at radius 1 is 1.16 bits per heavy atom. The molecule has 0 radical (unpaired) electrons. The van der Waals surface area contributed by atoms with Gasteiger partial charge in [-0.05, 0) is 32.2 Å². The molecule has 1 saturated heterocycles. The van der Waals surface area contributed by atoms with Gasteiger partial charge in [-0.15, -0.1) is 0 Å². The molecule has 2 heterocycles. The normalized spacial score (nSPS) is 25.6. The van der Waals surface area contributed by atoms with E-state index in [0.29, 0.717) is 5.92 Å². The highest BCUT2D eigenvalue weighted by Gasteiger charge is 2.22. The molecule has 1 aromatic heterocycles. The van der Waals surface area contributed by atoms with Gasteiger partial charge < -0.3 is 9.84 Å². The molecule has 0 bridgehead atoms. The van der Waals surface area contributed by atoms with E-state index in [9.17, 15) is 0 Å². The number of piperidine rings is 1. The van der Waals surface area contributed by atoms with Crippen LogP contribution in [0.15, 0.2) is 4.52 Å². The predicted molar refractivity (Wildman–Crippen MR) is 77.3 cm³/mol. The Kier molecular flexibility index (Phi) is 4.77. The number of nitrogens with zero attached hydrogens (tertiary/aromatic N) is 2. The molecule has 2 fully saturated rings. The van der Waals surface area contributed by atoms with Crippen molar-refractivity contribution in [1.82, 2.24) is 15.5 Å². The quantitative estimate of drug-likeness (QED) is 0.919. The van der Waals surface area contributed by atoms with Crippen LogP contribution in [-0.2, 0) is 5.75 Å². The van der Waals surface area contributed by atoms with E-state index in [1.54, 1.807) is 0 Å². The van der Waals surface area contributed by atoms with Crippen LogP contribution in [-0.4, -0.2) is 28.5 Å². The van der Waals surface area contributed by atoms with Crippen molar-refractivity contribution >= 4 is 11.8 Å². The zero-order chi connectivity index (χ0) is 12.9. The first-order chi connectivity index (χ1) is 9.42. The zero-order valence-electron chi connectivity index (χ0n) is 11.4. The molecule has 0 aromatic carbocycles. The third-order valence-corrected chi connectivity index (χ3v) is 5.50. The largest absolute Gasteiger partial charge is 0.339 e. The van der Waals surface area contributed by atoms with Gasteiger partial charge in [0.05, 0.1) is 11.7 Å². The van der Waals surface area contributed by atoms with E-state index in [1.165, 1.54) is 44.9 Å². The maximum absolute atomic E-state index is 5.43. The standard InChI is InChI=1S/C14H23N3OS/c1-2-6-12(7-3-1)19-10-13-16-14(18-17-13)11-5-4-8-15-9-11/h11-12,15H,1-10H2. The first-order valence-corrected chi connectivity index (χ1v) is 8.61. The van der Waals surface area contributed by atoms with Gasteiger partial charge in [0.2, 0.25) is 5.89 Å². The summed E-state index contributed by atoms with van der Waals surface area (Å²) in [6.45, 7) is 2.10. The Labute approximate surface area is 119 Å². The van der Waals surface area contributed by atoms with E-state index in [-0.39, 0.29) is 0 Å². The van der Waals surface area contributed by atoms with Crippen molar-refractivity contribution in [3.05, 3.63) is 11.7 Å². The third kappa shape index (κ3) is 3.72. The molecule has 1 unspecified atom stereocenters. The summed E-state index contributed by atoms with van der Waals surface area (Å²) < 4.78 is 5.43. The van der Waals surface area contributed by atoms with Crippen molar-refractivity contribution in [2.24, 2.45) is 0 Å². The minimum Gasteiger partial charge on any atom is -0.339 e. The Balaban J connectivity index is 1.49. The van der Waals surface area contributed by atoms with E-state index < -0.39 is 0 Å². The first-order valence-electron chi connectivity index (χ1n) is 7.56. The number of hydrogen-bond acceptors (Lipinski definition) is 5. The Hall–Kier alpha value is -0.550. The fraction of sp³-hybridized carbons (Fsp3) is 0.857. The summed E-state index contributed by atoms with van der Waals surface area (Å²) in [5.41, 5.74) is 0. The minimum atomic E-state index is 0.426. The molecule has 106 valence electrons. The highest BCUT2D eigenvalue weighted by atomic mass is 32.2. The van der Waals surface area contributed by atoms with Gasteiger partial charge in [-0.1, -0.05) is 24.4 Å². The van der Waals surface area contributed by atoms with Gasteiger partial charge in [0.15, 0.2) is 5.82 Å². The summed E-state index contributed by atoms with van der Waals surface area (Å²) in [5.74, 6) is 3.06. The van der Waals surface area contributed by atoms with E-state index >= 15 is 0 Å². The molecule has 1 atom stereocenters. The van der Waals surface area contributed by atoms with Gasteiger partial charge in [-0.3, -0.25) is 0 Å². The Morgan fingerprint density at radius 3 is 2.84 bits per heavy atom. The van der Waals surface area contributed by atoms with E-state index in [1.807, 2.05) is 11.8 Å². The van der Waals surface area contributed by atoms with E-state index in [0.717, 1.165) is 35.8 Å². The van der Waals surface area contributed by atoms with E-state index in [4.69, 9.17) is 4.52 Å². The van der Waals surface area contributed by atoms with Crippen LogP contribution in [0.25, 0.3) is 0 Å². The maximum Gasteiger partial charge on any atom is 0.231 e. The maximum atomic E-state index is 5.43. The lowest BCUT2D eigenvalue weighted by atomic mass is 10.00. The van der Waals surface area contributed by atoms with Crippen LogP contribution in [0.1, 0.15) is 62.6 Å². The average molecular weight is 281 g/mol. The number of thioether (sulfide) groups is 1. The van der Waals surface area contributed by atoms with Crippen molar-refractivity contribution in [3.8, 4) is 0 Å². The lowest BCUT2D eigenvalue weighted by Crippen LogP contribution is -2.28. The molecule has 2 aliphatic rings. The lowest BCUT2D eigenvalue weighted by molar-refractivity contribution is 0.320. The Morgan fingerprint density at radius 2 is 2.05 bits per heavy atom. The van der Waals surface area contributed by atoms with Gasteiger partial charge in [0.25, 0.3) is 0 Å². The van der Waals surface area contributed by atoms with Crippen molar-refractivity contribution in [2.75, 3.05) is 13.1 Å². The molecule has 1 saturated carbocycles. The summed E-state index contributed by atoms with van der Waals surface area (Å²) in [5, 5.41) is 8.35. The number of aromatic nitrogens is 2. The molecule has 4 nitrogen and oxygen atoms in total. The molecule has 1 aliphatic heterocycles. The highest BCUT2D eigenvalue weighted by molar-refractivity contribution is 7.99. The summed E-state index contributed by atoms with van der Waals surface area (Å²) in [6, 6.07) is 0. The number of nitrogens with one attached hydrogen (secondary N) is 1. The lowest BCUT2D eigenvalue weighted by Gasteiger charge is -2.20. The molecular weight excluding hydrogens is 258 g/mol. The third-order valence-electron chi connectivity index (χ3n) is 4.13. The fourth-order valence-corrected chi connectivity index (χ4v) is 4.15. The van der Waals surface area contributed by atoms with Crippen LogP contribution >= 0.6 is 11.8 Å². The van der Waals surface area contributed by atoms with Gasteiger partial charge in [-0.2, -0.15) is 16.7 Å². The second-order valence-corrected chi connectivity index (χ2v) is 6.95. The molecule has 3 rings (SSSR count). The monoisotopic (exact) mass is 281 g/mol. The molecule has 19 heavy (non-hydrogen) atoms. The van der Waals surface area contributed by atoms with Gasteiger partial charge >= 0.3 is 0 Å². The van der Waals surface area contributed by atoms with Crippen LogP contribution in [0.5, 0.6) is 0 Å². The SMILES string of the molecule is C1CCC(SCc2noc(C3CCCNC3)n2)CC1. The van der Waals surface area contributed by atoms with Gasteiger partial charge in [-0.25, -0.2) is 0 Å². The predicted octanol–water partition coefficient (Wildman–Crippen LogP) is 3.10. The minimum absolute atomic E-state index is 0.426. The molecule has 1 aliphatic carbocycles. The summed E-state index contributed by atoms with van der Waals surface area (Å²) in [6.07, 6.45) is 9.30. The fourth-order valence-electron chi connectivity index (χ4n) is 2.98. The Bertz CT molecular complexity index is 384. The second-order valence-electron chi connectivity index (χ2n) is 5.66. The van der Waals surface area contributed by atoms with Crippen LogP contribution in [0, 0.1) is 0 Å². The van der Waals surface area contributed by atoms with Crippen LogP contribution in [0.2, 0.25) is 0 Å². The topological polar surface area (TPSA) is 51.0 Å². The van der Waals surface area contributed by atoms with E-state index in [2.05, 4.69) is 15.5 Å². The van der Waals surface area contributed by atoms with Crippen molar-refractivity contribution < 1.29 is 4.52 Å². The summed E-state index contributed by atoms with van der Waals surface area (Å²) in [7, 11) is 0. The van der Waals surface area contributed by atoms with Crippen molar-refractivity contribution in [2.45, 2.75) is 61.9 Å². The second kappa shape index (κ2) is 6.75. The molecule has 1 aromatic rings. The summed E-state index contributed by atoms with van der Waals surface area (Å²) in [4.78, 5) is 4.58. The molecule has 0 spiro atoms. The molecule has 1 N–H and O–H groups in total. The van der Waals surface area contributed by atoms with Gasteiger partial charge in [0, 0.05) is 11.8 Å². The van der Waals surface area contributed by atoms with Crippen molar-refractivity contribution in [3.63, 3.8) is 0 Å². The summed E-state index contributed by atoms with van der Waals surface area (Å²) >= 11 is 2.01. The number of rotatable bonds is 4. The smallest absolute Gasteiger partial charge is 0.231 e. The van der Waals surface area contributed by atoms with Crippen LogP contribution < -0.4 is 5.32 Å². The molecule has 0 amide bonds. The van der Waals surface area contributed by atoms with Crippen LogP contribution in [0.4, 0.5) is 0 Å². The first kappa shape index (κ1) is 13.4. The van der Waals surface area contributed by atoms with Crippen molar-refractivity contribution in [1.29, 1.82) is 0 Å².